The van der Waals surface area contributed by atoms with E-state index in [0.29, 0.717) is 43.2 Å². The summed E-state index contributed by atoms with van der Waals surface area (Å²) >= 11 is 0. The van der Waals surface area contributed by atoms with Crippen LogP contribution in [0.2, 0.25) is 0 Å². The SMILES string of the molecule is Cc1cc(C)c2cc(C(=O)Nc3ccc(C)c(S(=O)(=O)N4CCOCC4)c3)[nH]c2c1. The third-order valence-electron chi connectivity index (χ3n) is 5.37. The first-order chi connectivity index (χ1) is 14.3. The van der Waals surface area contributed by atoms with Gasteiger partial charge >= 0.3 is 0 Å². The summed E-state index contributed by atoms with van der Waals surface area (Å²) in [5.74, 6) is -0.318. The maximum Gasteiger partial charge on any atom is 0.272 e. The minimum atomic E-state index is -3.65. The predicted molar refractivity (Wildman–Crippen MR) is 116 cm³/mol. The largest absolute Gasteiger partial charge is 0.379 e. The molecule has 1 aliphatic rings. The molecule has 2 aromatic carbocycles. The molecule has 3 aromatic rings. The van der Waals surface area contributed by atoms with Gasteiger partial charge in [0, 0.05) is 29.7 Å². The second kappa shape index (κ2) is 7.86. The van der Waals surface area contributed by atoms with Crippen LogP contribution < -0.4 is 5.32 Å². The van der Waals surface area contributed by atoms with Gasteiger partial charge < -0.3 is 15.0 Å². The normalized spacial score (nSPS) is 15.4. The van der Waals surface area contributed by atoms with E-state index >= 15 is 0 Å². The van der Waals surface area contributed by atoms with Crippen LogP contribution in [0, 0.1) is 20.8 Å². The molecule has 0 spiro atoms. The summed E-state index contributed by atoms with van der Waals surface area (Å²) in [5.41, 5.74) is 4.61. The number of morpholine rings is 1. The Morgan fingerprint density at radius 3 is 2.50 bits per heavy atom. The average molecular weight is 428 g/mol. The Kier molecular flexibility index (Phi) is 5.40. The number of aromatic nitrogens is 1. The van der Waals surface area contributed by atoms with Crippen molar-refractivity contribution in [1.82, 2.24) is 9.29 Å². The highest BCUT2D eigenvalue weighted by Gasteiger charge is 2.28. The number of rotatable bonds is 4. The molecule has 1 fully saturated rings. The van der Waals surface area contributed by atoms with E-state index in [1.54, 1.807) is 19.1 Å². The number of ether oxygens (including phenoxy) is 1. The van der Waals surface area contributed by atoms with Gasteiger partial charge in [0.25, 0.3) is 5.91 Å². The number of aromatic amines is 1. The lowest BCUT2D eigenvalue weighted by Crippen LogP contribution is -2.40. The van der Waals surface area contributed by atoms with Crippen LogP contribution in [0.15, 0.2) is 41.3 Å². The molecule has 7 nitrogen and oxygen atoms in total. The number of hydrogen-bond donors (Lipinski definition) is 2. The van der Waals surface area contributed by atoms with Crippen molar-refractivity contribution >= 4 is 32.5 Å². The van der Waals surface area contributed by atoms with Gasteiger partial charge in [0.05, 0.1) is 18.1 Å². The number of anilines is 1. The van der Waals surface area contributed by atoms with Gasteiger partial charge in [0.15, 0.2) is 0 Å². The van der Waals surface area contributed by atoms with Gasteiger partial charge in [0.1, 0.15) is 5.69 Å². The van der Waals surface area contributed by atoms with Crippen molar-refractivity contribution in [2.75, 3.05) is 31.6 Å². The average Bonchev–Trinajstić information content (AvgIpc) is 3.14. The fourth-order valence-corrected chi connectivity index (χ4v) is 5.46. The Morgan fingerprint density at radius 1 is 1.03 bits per heavy atom. The van der Waals surface area contributed by atoms with Crippen molar-refractivity contribution in [3.8, 4) is 0 Å². The van der Waals surface area contributed by atoms with Gasteiger partial charge in [-0.1, -0.05) is 12.1 Å². The lowest BCUT2D eigenvalue weighted by atomic mass is 10.1. The first kappa shape index (κ1) is 20.6. The van der Waals surface area contributed by atoms with Crippen LogP contribution >= 0.6 is 0 Å². The Hall–Kier alpha value is -2.68. The first-order valence-corrected chi connectivity index (χ1v) is 11.3. The Labute approximate surface area is 176 Å². The van der Waals surface area contributed by atoms with E-state index in [9.17, 15) is 13.2 Å². The summed E-state index contributed by atoms with van der Waals surface area (Å²) in [5, 5.41) is 3.81. The highest BCUT2D eigenvalue weighted by molar-refractivity contribution is 7.89. The zero-order valence-corrected chi connectivity index (χ0v) is 18.1. The van der Waals surface area contributed by atoms with E-state index in [1.165, 1.54) is 10.4 Å². The molecule has 1 aliphatic heterocycles. The molecule has 0 aliphatic carbocycles. The number of carbonyl (C=O) groups is 1. The second-order valence-corrected chi connectivity index (χ2v) is 9.58. The predicted octanol–water partition coefficient (Wildman–Crippen LogP) is 3.37. The van der Waals surface area contributed by atoms with E-state index in [4.69, 9.17) is 4.74 Å². The number of sulfonamides is 1. The molecular weight excluding hydrogens is 402 g/mol. The number of nitrogens with one attached hydrogen (secondary N) is 2. The van der Waals surface area contributed by atoms with Gasteiger partial charge in [-0.05, 0) is 61.7 Å². The molecule has 30 heavy (non-hydrogen) atoms. The van der Waals surface area contributed by atoms with Crippen molar-refractivity contribution in [1.29, 1.82) is 0 Å². The number of amides is 1. The lowest BCUT2D eigenvalue weighted by Gasteiger charge is -2.26. The zero-order chi connectivity index (χ0) is 21.5. The number of nitrogens with zero attached hydrogens (tertiary/aromatic N) is 1. The van der Waals surface area contributed by atoms with Crippen LogP contribution in [0.1, 0.15) is 27.2 Å². The highest BCUT2D eigenvalue weighted by atomic mass is 32.2. The maximum absolute atomic E-state index is 13.1. The standard InChI is InChI=1S/C22H25N3O4S/c1-14-10-16(3)18-13-20(24-19(18)11-14)22(26)23-17-5-4-15(2)21(12-17)30(27,28)25-6-8-29-9-7-25/h4-5,10-13,24H,6-9H2,1-3H3,(H,23,26). The van der Waals surface area contributed by atoms with E-state index < -0.39 is 10.0 Å². The van der Waals surface area contributed by atoms with Crippen molar-refractivity contribution in [3.63, 3.8) is 0 Å². The third kappa shape index (κ3) is 3.86. The topological polar surface area (TPSA) is 91.5 Å². The van der Waals surface area contributed by atoms with Gasteiger partial charge in [0.2, 0.25) is 10.0 Å². The van der Waals surface area contributed by atoms with Gasteiger partial charge in [-0.3, -0.25) is 4.79 Å². The molecule has 1 amide bonds. The van der Waals surface area contributed by atoms with Gasteiger partial charge in [-0.15, -0.1) is 0 Å². The maximum atomic E-state index is 13.1. The van der Waals surface area contributed by atoms with E-state index in [2.05, 4.69) is 16.4 Å². The minimum Gasteiger partial charge on any atom is -0.379 e. The molecule has 0 unspecified atom stereocenters. The molecule has 2 N–H and O–H groups in total. The van der Waals surface area contributed by atoms with Crippen molar-refractivity contribution in [2.45, 2.75) is 25.7 Å². The molecule has 4 rings (SSSR count). The van der Waals surface area contributed by atoms with Crippen molar-refractivity contribution in [2.24, 2.45) is 0 Å². The summed E-state index contributed by atoms with van der Waals surface area (Å²) in [6.07, 6.45) is 0. The molecule has 1 saturated heterocycles. The van der Waals surface area contributed by atoms with E-state index in [0.717, 1.165) is 22.0 Å². The fourth-order valence-electron chi connectivity index (χ4n) is 3.80. The van der Waals surface area contributed by atoms with Crippen molar-refractivity contribution in [3.05, 3.63) is 58.8 Å². The molecule has 0 saturated carbocycles. The number of H-pyrrole nitrogens is 1. The number of carbonyl (C=O) groups excluding carboxylic acids is 1. The Bertz CT molecular complexity index is 1220. The van der Waals surface area contributed by atoms with Crippen LogP contribution in [0.25, 0.3) is 10.9 Å². The van der Waals surface area contributed by atoms with Crippen LogP contribution in [0.5, 0.6) is 0 Å². The number of benzene rings is 2. The highest BCUT2D eigenvalue weighted by Crippen LogP contribution is 2.26. The molecule has 8 heteroatoms. The van der Waals surface area contributed by atoms with Crippen molar-refractivity contribution < 1.29 is 17.9 Å². The Balaban J connectivity index is 1.62. The van der Waals surface area contributed by atoms with Crippen LogP contribution in [0.4, 0.5) is 5.69 Å². The molecule has 0 radical (unpaired) electrons. The molecule has 1 aromatic heterocycles. The number of hydrogen-bond acceptors (Lipinski definition) is 4. The smallest absolute Gasteiger partial charge is 0.272 e. The molecule has 0 bridgehead atoms. The zero-order valence-electron chi connectivity index (χ0n) is 17.3. The second-order valence-electron chi connectivity index (χ2n) is 7.68. The molecule has 0 atom stereocenters. The number of fused-ring (bicyclic) bond motifs is 1. The summed E-state index contributed by atoms with van der Waals surface area (Å²) in [7, 11) is -3.65. The van der Waals surface area contributed by atoms with Crippen LogP contribution in [-0.4, -0.2) is 49.9 Å². The number of aryl methyl sites for hydroxylation is 3. The monoisotopic (exact) mass is 427 g/mol. The lowest BCUT2D eigenvalue weighted by molar-refractivity contribution is 0.0730. The van der Waals surface area contributed by atoms with Gasteiger partial charge in [-0.25, -0.2) is 8.42 Å². The molecule has 2 heterocycles. The fraction of sp³-hybridized carbons (Fsp3) is 0.318. The molecule has 158 valence electrons. The first-order valence-electron chi connectivity index (χ1n) is 9.85. The quantitative estimate of drug-likeness (QED) is 0.668. The Morgan fingerprint density at radius 2 is 1.77 bits per heavy atom. The van der Waals surface area contributed by atoms with E-state index in [1.807, 2.05) is 26.0 Å². The van der Waals surface area contributed by atoms with E-state index in [-0.39, 0.29) is 10.8 Å². The van der Waals surface area contributed by atoms with Crippen LogP contribution in [-0.2, 0) is 14.8 Å². The summed E-state index contributed by atoms with van der Waals surface area (Å²) < 4.78 is 32.8. The van der Waals surface area contributed by atoms with Gasteiger partial charge in [-0.2, -0.15) is 4.31 Å². The summed E-state index contributed by atoms with van der Waals surface area (Å²) in [4.78, 5) is 16.2. The summed E-state index contributed by atoms with van der Waals surface area (Å²) in [6, 6.07) is 10.8. The summed E-state index contributed by atoms with van der Waals surface area (Å²) in [6.45, 7) is 7.19. The van der Waals surface area contributed by atoms with Crippen LogP contribution in [0.3, 0.4) is 0 Å². The molecular formula is C22H25N3O4S. The third-order valence-corrected chi connectivity index (χ3v) is 7.41. The minimum absolute atomic E-state index is 0.199.